The average molecular weight is 389 g/mol. The van der Waals surface area contributed by atoms with Crippen LogP contribution < -0.4 is 10.9 Å². The van der Waals surface area contributed by atoms with Crippen molar-refractivity contribution >= 4 is 21.8 Å². The fourth-order valence-electron chi connectivity index (χ4n) is 2.35. The van der Waals surface area contributed by atoms with Crippen LogP contribution >= 0.6 is 0 Å². The molecule has 27 heavy (non-hydrogen) atoms. The molecule has 0 unspecified atom stereocenters. The minimum atomic E-state index is -3.65. The van der Waals surface area contributed by atoms with Gasteiger partial charge in [-0.2, -0.15) is 0 Å². The number of aryl methyl sites for hydroxylation is 2. The number of nitrogens with one attached hydrogen (secondary N) is 2. The minimum absolute atomic E-state index is 0.00149. The van der Waals surface area contributed by atoms with Crippen molar-refractivity contribution < 1.29 is 18.0 Å². The number of nitrogens with zero attached hydrogens (tertiary/aromatic N) is 1. The van der Waals surface area contributed by atoms with Crippen molar-refractivity contribution in [2.75, 3.05) is 14.1 Å². The highest BCUT2D eigenvalue weighted by Crippen LogP contribution is 2.15. The molecule has 144 valence electrons. The molecule has 0 atom stereocenters. The third-order valence-corrected chi connectivity index (χ3v) is 5.94. The quantitative estimate of drug-likeness (QED) is 0.759. The summed E-state index contributed by atoms with van der Waals surface area (Å²) in [5.74, 6) is -0.970. The van der Waals surface area contributed by atoms with E-state index in [0.29, 0.717) is 0 Å². The van der Waals surface area contributed by atoms with Crippen LogP contribution in [-0.2, 0) is 21.2 Å². The van der Waals surface area contributed by atoms with Gasteiger partial charge in [-0.15, -0.1) is 0 Å². The van der Waals surface area contributed by atoms with E-state index in [1.54, 1.807) is 0 Å². The van der Waals surface area contributed by atoms with Crippen molar-refractivity contribution in [1.82, 2.24) is 15.2 Å². The number of hydrogen-bond acceptors (Lipinski definition) is 4. The summed E-state index contributed by atoms with van der Waals surface area (Å²) >= 11 is 0. The zero-order valence-corrected chi connectivity index (χ0v) is 16.6. The van der Waals surface area contributed by atoms with Gasteiger partial charge in [0.1, 0.15) is 0 Å². The first-order valence-corrected chi connectivity index (χ1v) is 9.73. The Morgan fingerprint density at radius 3 is 2.30 bits per heavy atom. The molecule has 2 N–H and O–H groups in total. The minimum Gasteiger partial charge on any atom is -0.273 e. The summed E-state index contributed by atoms with van der Waals surface area (Å²) in [7, 11) is -0.823. The predicted octanol–water partition coefficient (Wildman–Crippen LogP) is 1.56. The number of sulfonamides is 1. The lowest BCUT2D eigenvalue weighted by Gasteiger charge is -2.12. The lowest BCUT2D eigenvalue weighted by molar-refractivity contribution is -0.121. The maximum atomic E-state index is 12.2. The summed E-state index contributed by atoms with van der Waals surface area (Å²) in [6.07, 6.45) is 0.121. The zero-order valence-electron chi connectivity index (χ0n) is 15.7. The lowest BCUT2D eigenvalue weighted by atomic mass is 10.0. The van der Waals surface area contributed by atoms with E-state index in [1.807, 2.05) is 32.0 Å². The third kappa shape index (κ3) is 5.15. The molecular formula is C19H23N3O4S. The number of rotatable bonds is 5. The van der Waals surface area contributed by atoms with Crippen LogP contribution in [0.25, 0.3) is 0 Å². The van der Waals surface area contributed by atoms with Gasteiger partial charge in [0, 0.05) is 19.7 Å². The Bertz CT molecular complexity index is 969. The Kier molecular flexibility index (Phi) is 6.35. The van der Waals surface area contributed by atoms with Crippen LogP contribution in [0, 0.1) is 13.8 Å². The standard InChI is InChI=1S/C19H23N3O4S/c1-13-8-9-15(10-14(13)2)11-18(23)20-21-19(24)16-6-5-7-17(12-16)27(25,26)22(3)4/h5-10,12H,11H2,1-4H3,(H,20,23)(H,21,24). The molecule has 0 aromatic heterocycles. The molecule has 2 amide bonds. The zero-order chi connectivity index (χ0) is 20.2. The van der Waals surface area contributed by atoms with E-state index < -0.39 is 15.9 Å². The predicted molar refractivity (Wildman–Crippen MR) is 103 cm³/mol. The molecule has 2 rings (SSSR count). The number of carbonyl (C=O) groups excluding carboxylic acids is 2. The first-order chi connectivity index (χ1) is 12.6. The van der Waals surface area contributed by atoms with Gasteiger partial charge < -0.3 is 0 Å². The summed E-state index contributed by atoms with van der Waals surface area (Å²) in [6.45, 7) is 3.96. The van der Waals surface area contributed by atoms with Gasteiger partial charge in [-0.1, -0.05) is 24.3 Å². The number of benzene rings is 2. The summed E-state index contributed by atoms with van der Waals surface area (Å²) in [5.41, 5.74) is 7.84. The van der Waals surface area contributed by atoms with E-state index in [0.717, 1.165) is 21.0 Å². The monoisotopic (exact) mass is 389 g/mol. The van der Waals surface area contributed by atoms with Crippen molar-refractivity contribution in [3.63, 3.8) is 0 Å². The molecule has 0 aliphatic carbocycles. The Labute approximate surface area is 159 Å². The SMILES string of the molecule is Cc1ccc(CC(=O)NNC(=O)c2cccc(S(=O)(=O)N(C)C)c2)cc1C. The van der Waals surface area contributed by atoms with Gasteiger partial charge in [0.2, 0.25) is 15.9 Å². The van der Waals surface area contributed by atoms with Crippen molar-refractivity contribution in [3.8, 4) is 0 Å². The molecule has 0 saturated heterocycles. The smallest absolute Gasteiger partial charge is 0.269 e. The molecule has 2 aromatic rings. The summed E-state index contributed by atoms with van der Waals surface area (Å²) in [5, 5.41) is 0. The Balaban J connectivity index is 2.01. The average Bonchev–Trinajstić information content (AvgIpc) is 2.62. The molecule has 0 aliphatic heterocycles. The van der Waals surface area contributed by atoms with E-state index in [1.165, 1.54) is 38.4 Å². The fraction of sp³-hybridized carbons (Fsp3) is 0.263. The second-order valence-corrected chi connectivity index (χ2v) is 8.56. The Morgan fingerprint density at radius 2 is 1.67 bits per heavy atom. The first kappa shape index (κ1) is 20.6. The molecule has 8 heteroatoms. The fourth-order valence-corrected chi connectivity index (χ4v) is 3.30. The Hall–Kier alpha value is -2.71. The highest BCUT2D eigenvalue weighted by Gasteiger charge is 2.19. The van der Waals surface area contributed by atoms with E-state index >= 15 is 0 Å². The Morgan fingerprint density at radius 1 is 0.963 bits per heavy atom. The first-order valence-electron chi connectivity index (χ1n) is 8.29. The van der Waals surface area contributed by atoms with Crippen LogP contribution in [0.2, 0.25) is 0 Å². The second kappa shape index (κ2) is 8.32. The summed E-state index contributed by atoms with van der Waals surface area (Å²) in [6, 6.07) is 11.3. The molecule has 0 aliphatic rings. The van der Waals surface area contributed by atoms with E-state index in [2.05, 4.69) is 10.9 Å². The van der Waals surface area contributed by atoms with E-state index in [4.69, 9.17) is 0 Å². The number of amides is 2. The highest BCUT2D eigenvalue weighted by atomic mass is 32.2. The van der Waals surface area contributed by atoms with Gasteiger partial charge in [-0.05, 0) is 48.7 Å². The van der Waals surface area contributed by atoms with Gasteiger partial charge in [-0.3, -0.25) is 20.4 Å². The van der Waals surface area contributed by atoms with Crippen LogP contribution in [0.15, 0.2) is 47.4 Å². The molecule has 0 heterocycles. The highest BCUT2D eigenvalue weighted by molar-refractivity contribution is 7.89. The number of carbonyl (C=O) groups is 2. The van der Waals surface area contributed by atoms with E-state index in [-0.39, 0.29) is 22.8 Å². The van der Waals surface area contributed by atoms with Gasteiger partial charge in [0.25, 0.3) is 5.91 Å². The van der Waals surface area contributed by atoms with Gasteiger partial charge in [-0.25, -0.2) is 12.7 Å². The normalized spacial score (nSPS) is 11.3. The molecule has 2 aromatic carbocycles. The molecule has 7 nitrogen and oxygen atoms in total. The van der Waals surface area contributed by atoms with Crippen LogP contribution in [0.5, 0.6) is 0 Å². The second-order valence-electron chi connectivity index (χ2n) is 6.41. The molecule has 0 spiro atoms. The molecule has 0 saturated carbocycles. The van der Waals surface area contributed by atoms with Crippen LogP contribution in [0.1, 0.15) is 27.0 Å². The molecule has 0 fully saturated rings. The van der Waals surface area contributed by atoms with Gasteiger partial charge in [0.05, 0.1) is 11.3 Å². The van der Waals surface area contributed by atoms with Crippen LogP contribution in [-0.4, -0.2) is 38.6 Å². The van der Waals surface area contributed by atoms with Crippen LogP contribution in [0.3, 0.4) is 0 Å². The molecule has 0 bridgehead atoms. The third-order valence-electron chi connectivity index (χ3n) is 4.13. The maximum absolute atomic E-state index is 12.2. The topological polar surface area (TPSA) is 95.6 Å². The number of hydrogen-bond donors (Lipinski definition) is 2. The summed E-state index contributed by atoms with van der Waals surface area (Å²) in [4.78, 5) is 24.2. The largest absolute Gasteiger partial charge is 0.273 e. The van der Waals surface area contributed by atoms with Crippen molar-refractivity contribution in [2.24, 2.45) is 0 Å². The van der Waals surface area contributed by atoms with E-state index in [9.17, 15) is 18.0 Å². The molecular weight excluding hydrogens is 366 g/mol. The lowest BCUT2D eigenvalue weighted by Crippen LogP contribution is -2.42. The summed E-state index contributed by atoms with van der Waals surface area (Å²) < 4.78 is 25.4. The van der Waals surface area contributed by atoms with Crippen LogP contribution in [0.4, 0.5) is 0 Å². The number of hydrazine groups is 1. The maximum Gasteiger partial charge on any atom is 0.269 e. The van der Waals surface area contributed by atoms with Gasteiger partial charge in [0.15, 0.2) is 0 Å². The molecule has 0 radical (unpaired) electrons. The van der Waals surface area contributed by atoms with Crippen molar-refractivity contribution in [3.05, 3.63) is 64.7 Å². The van der Waals surface area contributed by atoms with Crippen molar-refractivity contribution in [2.45, 2.75) is 25.2 Å². The van der Waals surface area contributed by atoms with Gasteiger partial charge >= 0.3 is 0 Å². The van der Waals surface area contributed by atoms with Crippen molar-refractivity contribution in [1.29, 1.82) is 0 Å².